The van der Waals surface area contributed by atoms with E-state index in [1.807, 2.05) is 6.92 Å². The zero-order valence-electron chi connectivity index (χ0n) is 5.74. The van der Waals surface area contributed by atoms with E-state index in [0.717, 1.165) is 12.1 Å². The Hall–Kier alpha value is -0.500. The number of rotatable bonds is 2. The Morgan fingerprint density at radius 3 is 2.67 bits per heavy atom. The first-order chi connectivity index (χ1) is 4.20. The summed E-state index contributed by atoms with van der Waals surface area (Å²) in [6, 6.07) is 0. The SMILES string of the molecule is C=C(CC)NC(Cl)=NC. The van der Waals surface area contributed by atoms with Crippen LogP contribution < -0.4 is 5.32 Å². The molecule has 0 bridgehead atoms. The van der Waals surface area contributed by atoms with Gasteiger partial charge in [-0.3, -0.25) is 4.99 Å². The lowest BCUT2D eigenvalue weighted by Gasteiger charge is -2.01. The van der Waals surface area contributed by atoms with Gasteiger partial charge in [-0.05, 0) is 18.0 Å². The number of nitrogens with one attached hydrogen (secondary N) is 1. The Bertz CT molecular complexity index is 129. The van der Waals surface area contributed by atoms with Crippen LogP contribution in [-0.4, -0.2) is 12.3 Å². The normalized spacial score (nSPS) is 11.2. The van der Waals surface area contributed by atoms with E-state index >= 15 is 0 Å². The fourth-order valence-corrected chi connectivity index (χ4v) is 0.424. The molecule has 52 valence electrons. The molecule has 0 aliphatic carbocycles. The zero-order valence-corrected chi connectivity index (χ0v) is 6.50. The van der Waals surface area contributed by atoms with E-state index in [1.54, 1.807) is 7.05 Å². The lowest BCUT2D eigenvalue weighted by Crippen LogP contribution is -2.15. The Labute approximate surface area is 60.6 Å². The number of halogens is 1. The number of hydrogen-bond donors (Lipinski definition) is 1. The van der Waals surface area contributed by atoms with Gasteiger partial charge in [-0.2, -0.15) is 0 Å². The Morgan fingerprint density at radius 1 is 1.78 bits per heavy atom. The van der Waals surface area contributed by atoms with E-state index in [1.165, 1.54) is 0 Å². The van der Waals surface area contributed by atoms with Gasteiger partial charge in [0.2, 0.25) is 0 Å². The van der Waals surface area contributed by atoms with E-state index in [0.29, 0.717) is 5.29 Å². The van der Waals surface area contributed by atoms with Gasteiger partial charge >= 0.3 is 0 Å². The molecule has 0 aliphatic heterocycles. The van der Waals surface area contributed by atoms with Crippen molar-refractivity contribution in [2.24, 2.45) is 4.99 Å². The Morgan fingerprint density at radius 2 is 2.33 bits per heavy atom. The largest absolute Gasteiger partial charge is 0.335 e. The first kappa shape index (κ1) is 8.50. The highest BCUT2D eigenvalue weighted by atomic mass is 35.5. The first-order valence-corrected chi connectivity index (χ1v) is 3.15. The second-order valence-corrected chi connectivity index (χ2v) is 1.95. The molecule has 0 aromatic carbocycles. The molecule has 0 fully saturated rings. The second-order valence-electron chi connectivity index (χ2n) is 1.60. The van der Waals surface area contributed by atoms with Crippen molar-refractivity contribution in [2.75, 3.05) is 7.05 Å². The summed E-state index contributed by atoms with van der Waals surface area (Å²) < 4.78 is 0. The van der Waals surface area contributed by atoms with Crippen LogP contribution in [-0.2, 0) is 0 Å². The molecular formula is C6H11ClN2. The van der Waals surface area contributed by atoms with E-state index in [-0.39, 0.29) is 0 Å². The Kier molecular flexibility index (Phi) is 4.14. The van der Waals surface area contributed by atoms with Crippen molar-refractivity contribution in [1.29, 1.82) is 0 Å². The van der Waals surface area contributed by atoms with Crippen LogP contribution >= 0.6 is 11.6 Å². The van der Waals surface area contributed by atoms with Gasteiger partial charge in [-0.15, -0.1) is 0 Å². The van der Waals surface area contributed by atoms with Crippen LogP contribution in [0.15, 0.2) is 17.3 Å². The van der Waals surface area contributed by atoms with E-state index in [4.69, 9.17) is 11.6 Å². The number of amidine groups is 1. The zero-order chi connectivity index (χ0) is 7.28. The maximum Gasteiger partial charge on any atom is 0.195 e. The molecule has 0 spiro atoms. The summed E-state index contributed by atoms with van der Waals surface area (Å²) in [7, 11) is 1.62. The van der Waals surface area contributed by atoms with Gasteiger partial charge in [0.1, 0.15) is 0 Å². The molecule has 0 amide bonds. The lowest BCUT2D eigenvalue weighted by molar-refractivity contribution is 0.992. The van der Waals surface area contributed by atoms with Crippen molar-refractivity contribution in [3.63, 3.8) is 0 Å². The molecule has 0 aromatic heterocycles. The molecule has 0 atom stereocenters. The maximum absolute atomic E-state index is 5.52. The smallest absolute Gasteiger partial charge is 0.195 e. The standard InChI is InChI=1S/C6H11ClN2/c1-4-5(2)9-6(7)8-3/h2,4H2,1,3H3,(H,8,9). The van der Waals surface area contributed by atoms with Crippen LogP contribution in [0.4, 0.5) is 0 Å². The average Bonchev–Trinajstić information content (AvgIpc) is 1.87. The predicted molar refractivity (Wildman–Crippen MR) is 41.8 cm³/mol. The van der Waals surface area contributed by atoms with Crippen molar-refractivity contribution in [3.8, 4) is 0 Å². The monoisotopic (exact) mass is 146 g/mol. The van der Waals surface area contributed by atoms with E-state index < -0.39 is 0 Å². The molecule has 0 aliphatic rings. The van der Waals surface area contributed by atoms with Crippen LogP contribution in [0.2, 0.25) is 0 Å². The van der Waals surface area contributed by atoms with Gasteiger partial charge in [0.05, 0.1) is 0 Å². The van der Waals surface area contributed by atoms with Crippen LogP contribution in [0, 0.1) is 0 Å². The fraction of sp³-hybridized carbons (Fsp3) is 0.500. The minimum atomic E-state index is 0.391. The van der Waals surface area contributed by atoms with Crippen LogP contribution in [0.1, 0.15) is 13.3 Å². The van der Waals surface area contributed by atoms with E-state index in [9.17, 15) is 0 Å². The summed E-state index contributed by atoms with van der Waals surface area (Å²) in [5, 5.41) is 3.19. The minimum absolute atomic E-state index is 0.391. The quantitative estimate of drug-likeness (QED) is 0.358. The highest BCUT2D eigenvalue weighted by Gasteiger charge is 1.90. The molecule has 0 saturated heterocycles. The molecule has 1 N–H and O–H groups in total. The van der Waals surface area contributed by atoms with Crippen molar-refractivity contribution in [2.45, 2.75) is 13.3 Å². The van der Waals surface area contributed by atoms with Gasteiger partial charge < -0.3 is 5.32 Å². The van der Waals surface area contributed by atoms with Gasteiger partial charge in [-0.25, -0.2) is 0 Å². The topological polar surface area (TPSA) is 24.4 Å². The molecule has 9 heavy (non-hydrogen) atoms. The van der Waals surface area contributed by atoms with Gasteiger partial charge in [0.15, 0.2) is 5.29 Å². The lowest BCUT2D eigenvalue weighted by atomic mass is 10.4. The third-order valence-corrected chi connectivity index (χ3v) is 1.17. The van der Waals surface area contributed by atoms with Gasteiger partial charge in [0, 0.05) is 12.7 Å². The number of nitrogens with zero attached hydrogens (tertiary/aromatic N) is 1. The summed E-state index contributed by atoms with van der Waals surface area (Å²) in [6.07, 6.45) is 0.867. The van der Waals surface area contributed by atoms with Gasteiger partial charge in [0.25, 0.3) is 0 Å². The molecule has 0 heterocycles. The molecule has 0 unspecified atom stereocenters. The number of aliphatic imine (C=N–C) groups is 1. The summed E-state index contributed by atoms with van der Waals surface area (Å²) in [5.74, 6) is 0. The van der Waals surface area contributed by atoms with Crippen LogP contribution in [0.25, 0.3) is 0 Å². The minimum Gasteiger partial charge on any atom is -0.335 e. The molecular weight excluding hydrogens is 136 g/mol. The fourth-order valence-electron chi connectivity index (χ4n) is 0.290. The highest BCUT2D eigenvalue weighted by molar-refractivity contribution is 6.64. The molecule has 0 saturated carbocycles. The summed E-state index contributed by atoms with van der Waals surface area (Å²) in [5.41, 5.74) is 0.880. The summed E-state index contributed by atoms with van der Waals surface area (Å²) in [4.78, 5) is 3.69. The van der Waals surface area contributed by atoms with Crippen molar-refractivity contribution >= 4 is 16.9 Å². The summed E-state index contributed by atoms with van der Waals surface area (Å²) >= 11 is 5.52. The second kappa shape index (κ2) is 4.39. The summed E-state index contributed by atoms with van der Waals surface area (Å²) in [6.45, 7) is 5.68. The van der Waals surface area contributed by atoms with Crippen molar-refractivity contribution in [1.82, 2.24) is 5.32 Å². The third-order valence-electron chi connectivity index (χ3n) is 0.903. The molecule has 0 aromatic rings. The van der Waals surface area contributed by atoms with Crippen LogP contribution in [0.3, 0.4) is 0 Å². The molecule has 3 heteroatoms. The van der Waals surface area contributed by atoms with E-state index in [2.05, 4.69) is 16.9 Å². The molecule has 0 rings (SSSR count). The van der Waals surface area contributed by atoms with Gasteiger partial charge in [-0.1, -0.05) is 13.5 Å². The third kappa shape index (κ3) is 4.03. The first-order valence-electron chi connectivity index (χ1n) is 2.77. The van der Waals surface area contributed by atoms with Crippen LogP contribution in [0.5, 0.6) is 0 Å². The van der Waals surface area contributed by atoms with Crippen molar-refractivity contribution in [3.05, 3.63) is 12.3 Å². The average molecular weight is 147 g/mol. The number of hydrogen-bond acceptors (Lipinski definition) is 1. The molecule has 2 nitrogen and oxygen atoms in total. The number of allylic oxidation sites excluding steroid dienone is 1. The van der Waals surface area contributed by atoms with Crippen molar-refractivity contribution < 1.29 is 0 Å². The maximum atomic E-state index is 5.52. The highest BCUT2D eigenvalue weighted by Crippen LogP contribution is 1.91. The Balaban J connectivity index is 3.60. The molecule has 0 radical (unpaired) electrons. The predicted octanol–water partition coefficient (Wildman–Crippen LogP) is 1.72.